The minimum atomic E-state index is 0. The van der Waals surface area contributed by atoms with Crippen LogP contribution in [0, 0.1) is 12.8 Å². The van der Waals surface area contributed by atoms with Crippen LogP contribution in [-0.4, -0.2) is 30.5 Å². The van der Waals surface area contributed by atoms with Crippen molar-refractivity contribution in [1.29, 1.82) is 0 Å². The molecule has 0 atom stereocenters. The van der Waals surface area contributed by atoms with E-state index in [9.17, 15) is 4.79 Å². The Morgan fingerprint density at radius 3 is 2.64 bits per heavy atom. The quantitative estimate of drug-likeness (QED) is 0.746. The fourth-order valence-corrected chi connectivity index (χ4v) is 3.58. The Bertz CT molecular complexity index is 791. The van der Waals surface area contributed by atoms with Crippen LogP contribution in [0.4, 0.5) is 0 Å². The number of halogens is 3. The fourth-order valence-electron chi connectivity index (χ4n) is 3.21. The van der Waals surface area contributed by atoms with E-state index in [0.717, 1.165) is 51.8 Å². The number of amides is 1. The molecule has 2 N–H and O–H groups in total. The Balaban J connectivity index is 0.00000113. The average molecular weight is 447 g/mol. The highest BCUT2D eigenvalue weighted by atomic mass is 79.9. The minimum absolute atomic E-state index is 0. The molecule has 4 rings (SSSR count). The van der Waals surface area contributed by atoms with Gasteiger partial charge in [0, 0.05) is 47.0 Å². The number of fused-ring (bicyclic) bond motifs is 1. The molecular formula is C18H22BrCl2N3O. The number of nitrogens with one attached hydrogen (secondary N) is 2. The standard InChI is InChI=1S/C18H20BrN3O.2ClH/c1-10-16(18(23)21-9-11-7-20-8-11)14-6-13(19)4-5-15(14)22-17(10)12-2-3-12;;/h4-6,11-12,20H,2-3,7-9H2,1H3,(H,21,23);2*1H. The molecule has 2 aliphatic rings. The molecule has 25 heavy (non-hydrogen) atoms. The van der Waals surface area contributed by atoms with Gasteiger partial charge in [-0.15, -0.1) is 24.8 Å². The summed E-state index contributed by atoms with van der Waals surface area (Å²) in [4.78, 5) is 17.7. The van der Waals surface area contributed by atoms with Gasteiger partial charge in [-0.1, -0.05) is 15.9 Å². The van der Waals surface area contributed by atoms with E-state index in [1.54, 1.807) is 0 Å². The summed E-state index contributed by atoms with van der Waals surface area (Å²) in [5, 5.41) is 7.29. The van der Waals surface area contributed by atoms with Crippen LogP contribution in [0.3, 0.4) is 0 Å². The molecule has 136 valence electrons. The Kier molecular flexibility index (Phi) is 6.71. The van der Waals surface area contributed by atoms with Crippen molar-refractivity contribution in [2.45, 2.75) is 25.7 Å². The van der Waals surface area contributed by atoms with E-state index >= 15 is 0 Å². The molecule has 1 aromatic carbocycles. The van der Waals surface area contributed by atoms with Crippen LogP contribution in [-0.2, 0) is 0 Å². The van der Waals surface area contributed by atoms with E-state index < -0.39 is 0 Å². The first kappa shape index (κ1) is 20.4. The number of carbonyl (C=O) groups excluding carboxylic acids is 1. The second-order valence-electron chi connectivity index (χ2n) is 6.67. The van der Waals surface area contributed by atoms with Gasteiger partial charge in [0.1, 0.15) is 0 Å². The van der Waals surface area contributed by atoms with E-state index in [0.29, 0.717) is 11.8 Å². The van der Waals surface area contributed by atoms with E-state index in [-0.39, 0.29) is 30.7 Å². The van der Waals surface area contributed by atoms with Crippen molar-refractivity contribution in [3.63, 3.8) is 0 Å². The lowest BCUT2D eigenvalue weighted by molar-refractivity contribution is 0.0943. The molecular weight excluding hydrogens is 425 g/mol. The maximum atomic E-state index is 12.9. The molecule has 1 saturated heterocycles. The van der Waals surface area contributed by atoms with Crippen LogP contribution in [0.5, 0.6) is 0 Å². The molecule has 1 aliphatic carbocycles. The van der Waals surface area contributed by atoms with Gasteiger partial charge in [-0.2, -0.15) is 0 Å². The number of nitrogens with zero attached hydrogens (tertiary/aromatic N) is 1. The molecule has 0 unspecified atom stereocenters. The zero-order chi connectivity index (χ0) is 16.0. The average Bonchev–Trinajstić information content (AvgIpc) is 3.29. The van der Waals surface area contributed by atoms with Gasteiger partial charge >= 0.3 is 0 Å². The highest BCUT2D eigenvalue weighted by molar-refractivity contribution is 9.10. The zero-order valence-corrected chi connectivity index (χ0v) is 17.2. The van der Waals surface area contributed by atoms with Crippen molar-refractivity contribution in [3.05, 3.63) is 39.5 Å². The first-order valence-corrected chi connectivity index (χ1v) is 9.01. The third-order valence-electron chi connectivity index (χ3n) is 4.84. The van der Waals surface area contributed by atoms with Crippen molar-refractivity contribution in [2.75, 3.05) is 19.6 Å². The van der Waals surface area contributed by atoms with Crippen molar-refractivity contribution in [2.24, 2.45) is 5.92 Å². The molecule has 2 fully saturated rings. The molecule has 1 aromatic heterocycles. The topological polar surface area (TPSA) is 54.0 Å². The van der Waals surface area contributed by atoms with E-state index in [2.05, 4.69) is 26.6 Å². The predicted molar refractivity (Wildman–Crippen MR) is 109 cm³/mol. The third-order valence-corrected chi connectivity index (χ3v) is 5.33. The molecule has 2 aromatic rings. The van der Waals surface area contributed by atoms with Gasteiger partial charge in [-0.25, -0.2) is 0 Å². The Hall–Kier alpha value is -0.880. The number of hydrogen-bond donors (Lipinski definition) is 2. The number of benzene rings is 1. The minimum Gasteiger partial charge on any atom is -0.352 e. The van der Waals surface area contributed by atoms with Crippen molar-refractivity contribution in [3.8, 4) is 0 Å². The van der Waals surface area contributed by atoms with Crippen LogP contribution in [0.1, 0.15) is 40.4 Å². The molecule has 1 aliphatic heterocycles. The summed E-state index contributed by atoms with van der Waals surface area (Å²) in [5.74, 6) is 1.12. The zero-order valence-electron chi connectivity index (χ0n) is 14.0. The number of hydrogen-bond acceptors (Lipinski definition) is 3. The lowest BCUT2D eigenvalue weighted by Crippen LogP contribution is -2.48. The number of rotatable bonds is 4. The van der Waals surface area contributed by atoms with Crippen LogP contribution in [0.25, 0.3) is 10.9 Å². The summed E-state index contributed by atoms with van der Waals surface area (Å²) >= 11 is 3.51. The number of carbonyl (C=O) groups is 1. The fraction of sp³-hybridized carbons (Fsp3) is 0.444. The molecule has 0 bridgehead atoms. The molecule has 7 heteroatoms. The first-order chi connectivity index (χ1) is 11.1. The number of pyridine rings is 1. The highest BCUT2D eigenvalue weighted by Gasteiger charge is 2.30. The van der Waals surface area contributed by atoms with Gasteiger partial charge < -0.3 is 10.6 Å². The number of aromatic nitrogens is 1. The summed E-state index contributed by atoms with van der Waals surface area (Å²) < 4.78 is 0.975. The van der Waals surface area contributed by atoms with Crippen LogP contribution in [0.2, 0.25) is 0 Å². The summed E-state index contributed by atoms with van der Waals surface area (Å²) in [6.07, 6.45) is 2.37. The summed E-state index contributed by atoms with van der Waals surface area (Å²) in [6, 6.07) is 5.99. The van der Waals surface area contributed by atoms with Gasteiger partial charge in [0.05, 0.1) is 11.1 Å². The van der Waals surface area contributed by atoms with Crippen LogP contribution < -0.4 is 10.6 Å². The molecule has 2 heterocycles. The maximum Gasteiger partial charge on any atom is 0.252 e. The SMILES string of the molecule is Cc1c(C2CC2)nc2ccc(Br)cc2c1C(=O)NCC1CNC1.Cl.Cl. The molecule has 4 nitrogen and oxygen atoms in total. The monoisotopic (exact) mass is 445 g/mol. The summed E-state index contributed by atoms with van der Waals surface area (Å²) in [5.41, 5.74) is 3.86. The van der Waals surface area contributed by atoms with Gasteiger partial charge in [-0.3, -0.25) is 9.78 Å². The van der Waals surface area contributed by atoms with Gasteiger partial charge in [0.25, 0.3) is 5.91 Å². The smallest absolute Gasteiger partial charge is 0.252 e. The molecule has 1 saturated carbocycles. The normalized spacial score (nSPS) is 16.6. The van der Waals surface area contributed by atoms with E-state index in [1.165, 1.54) is 12.8 Å². The molecule has 0 radical (unpaired) electrons. The Labute approximate surface area is 168 Å². The predicted octanol–water partition coefficient (Wildman–Crippen LogP) is 3.98. The third kappa shape index (κ3) is 4.11. The van der Waals surface area contributed by atoms with Gasteiger partial charge in [-0.05, 0) is 43.5 Å². The lowest BCUT2D eigenvalue weighted by Gasteiger charge is -2.27. The molecule has 1 amide bonds. The van der Waals surface area contributed by atoms with E-state index in [1.807, 2.05) is 25.1 Å². The summed E-state index contributed by atoms with van der Waals surface area (Å²) in [6.45, 7) is 4.77. The molecule has 0 spiro atoms. The highest BCUT2D eigenvalue weighted by Crippen LogP contribution is 2.42. The first-order valence-electron chi connectivity index (χ1n) is 8.22. The second kappa shape index (κ2) is 8.21. The van der Waals surface area contributed by atoms with Gasteiger partial charge in [0.15, 0.2) is 0 Å². The van der Waals surface area contributed by atoms with E-state index in [4.69, 9.17) is 4.98 Å². The van der Waals surface area contributed by atoms with Crippen molar-refractivity contribution in [1.82, 2.24) is 15.6 Å². The van der Waals surface area contributed by atoms with Crippen LogP contribution >= 0.6 is 40.7 Å². The maximum absolute atomic E-state index is 12.9. The second-order valence-corrected chi connectivity index (χ2v) is 7.58. The lowest BCUT2D eigenvalue weighted by atomic mass is 9.98. The van der Waals surface area contributed by atoms with Gasteiger partial charge in [0.2, 0.25) is 0 Å². The largest absolute Gasteiger partial charge is 0.352 e. The Morgan fingerprint density at radius 2 is 2.04 bits per heavy atom. The van der Waals surface area contributed by atoms with Crippen LogP contribution in [0.15, 0.2) is 22.7 Å². The Morgan fingerprint density at radius 1 is 1.32 bits per heavy atom. The van der Waals surface area contributed by atoms with Crippen molar-refractivity contribution < 1.29 is 4.79 Å². The van der Waals surface area contributed by atoms with Crippen molar-refractivity contribution >= 4 is 57.6 Å². The summed E-state index contributed by atoms with van der Waals surface area (Å²) in [7, 11) is 0.